The van der Waals surface area contributed by atoms with Gasteiger partial charge in [-0.3, -0.25) is 9.36 Å². The van der Waals surface area contributed by atoms with E-state index in [-0.39, 0.29) is 23.5 Å². The zero-order valence-corrected chi connectivity index (χ0v) is 18.8. The van der Waals surface area contributed by atoms with Gasteiger partial charge < -0.3 is 9.64 Å². The summed E-state index contributed by atoms with van der Waals surface area (Å²) in [7, 11) is 0. The van der Waals surface area contributed by atoms with Crippen molar-refractivity contribution in [3.05, 3.63) is 82.3 Å². The molecule has 168 valence electrons. The second-order valence-corrected chi connectivity index (χ2v) is 8.82. The summed E-state index contributed by atoms with van der Waals surface area (Å²) in [5.41, 5.74) is 2.03. The molecule has 1 aliphatic heterocycles. The molecule has 2 heterocycles. The maximum Gasteiger partial charge on any atom is 0.344 e. The van der Waals surface area contributed by atoms with Gasteiger partial charge in [-0.25, -0.2) is 9.89 Å². The molecule has 1 saturated heterocycles. The van der Waals surface area contributed by atoms with Gasteiger partial charge in [-0.05, 0) is 30.4 Å². The number of aromatic amines is 1. The average molecular weight is 453 g/mol. The molecular weight excluding hydrogens is 424 g/mol. The molecule has 0 aliphatic carbocycles. The Balaban J connectivity index is 1.41. The number of carbonyl (C=O) groups is 1. The first kappa shape index (κ1) is 22.4. The first-order chi connectivity index (χ1) is 15.7. The second kappa shape index (κ2) is 11.2. The summed E-state index contributed by atoms with van der Waals surface area (Å²) >= 11 is 1.29. The maximum absolute atomic E-state index is 13.2. The SMILES string of the molecule is O=C(CSc1n[nH]c(=O)n1CC1CCCO1)N(CCc1ccccc1)Cc1ccccc1. The highest BCUT2D eigenvalue weighted by Gasteiger charge is 2.21. The van der Waals surface area contributed by atoms with E-state index < -0.39 is 0 Å². The summed E-state index contributed by atoms with van der Waals surface area (Å²) in [5.74, 6) is 0.242. The highest BCUT2D eigenvalue weighted by molar-refractivity contribution is 7.99. The van der Waals surface area contributed by atoms with Gasteiger partial charge in [0.1, 0.15) is 0 Å². The Hall–Kier alpha value is -2.84. The normalized spacial score (nSPS) is 15.7. The predicted molar refractivity (Wildman–Crippen MR) is 125 cm³/mol. The Morgan fingerprint density at radius 1 is 1.12 bits per heavy atom. The van der Waals surface area contributed by atoms with Crippen LogP contribution in [0.15, 0.2) is 70.6 Å². The Bertz CT molecular complexity index is 1050. The number of aromatic nitrogens is 3. The molecule has 0 radical (unpaired) electrons. The van der Waals surface area contributed by atoms with Crippen molar-refractivity contribution in [1.82, 2.24) is 19.7 Å². The van der Waals surface area contributed by atoms with Gasteiger partial charge in [-0.2, -0.15) is 0 Å². The third-order valence-corrected chi connectivity index (χ3v) is 6.50. The van der Waals surface area contributed by atoms with Crippen molar-refractivity contribution in [2.45, 2.75) is 43.6 Å². The van der Waals surface area contributed by atoms with Crippen molar-refractivity contribution < 1.29 is 9.53 Å². The van der Waals surface area contributed by atoms with Crippen molar-refractivity contribution in [3.8, 4) is 0 Å². The van der Waals surface area contributed by atoms with E-state index in [1.807, 2.05) is 53.4 Å². The number of nitrogens with one attached hydrogen (secondary N) is 1. The smallest absolute Gasteiger partial charge is 0.344 e. The van der Waals surface area contributed by atoms with Crippen LogP contribution in [0.25, 0.3) is 0 Å². The number of benzene rings is 2. The molecule has 0 bridgehead atoms. The second-order valence-electron chi connectivity index (χ2n) is 7.88. The van der Waals surface area contributed by atoms with Gasteiger partial charge in [0, 0.05) is 19.7 Å². The molecule has 1 aliphatic rings. The molecule has 1 aromatic heterocycles. The van der Waals surface area contributed by atoms with Gasteiger partial charge in [-0.1, -0.05) is 72.4 Å². The maximum atomic E-state index is 13.2. The monoisotopic (exact) mass is 452 g/mol. The van der Waals surface area contributed by atoms with Crippen LogP contribution in [0.4, 0.5) is 0 Å². The van der Waals surface area contributed by atoms with Crippen LogP contribution in [-0.2, 0) is 29.0 Å². The average Bonchev–Trinajstić information content (AvgIpc) is 3.47. The molecule has 1 amide bonds. The number of amides is 1. The minimum Gasteiger partial charge on any atom is -0.376 e. The third-order valence-electron chi connectivity index (χ3n) is 5.54. The van der Waals surface area contributed by atoms with Gasteiger partial charge in [0.05, 0.1) is 18.4 Å². The zero-order valence-electron chi connectivity index (χ0n) is 18.0. The van der Waals surface area contributed by atoms with Crippen molar-refractivity contribution in [2.75, 3.05) is 18.9 Å². The number of carbonyl (C=O) groups excluding carboxylic acids is 1. The lowest BCUT2D eigenvalue weighted by molar-refractivity contribution is -0.128. The highest BCUT2D eigenvalue weighted by atomic mass is 32.2. The summed E-state index contributed by atoms with van der Waals surface area (Å²) in [6.45, 7) is 2.37. The van der Waals surface area contributed by atoms with E-state index in [1.54, 1.807) is 4.57 Å². The van der Waals surface area contributed by atoms with Crippen molar-refractivity contribution in [3.63, 3.8) is 0 Å². The largest absolute Gasteiger partial charge is 0.376 e. The van der Waals surface area contributed by atoms with Gasteiger partial charge in [-0.15, -0.1) is 5.10 Å². The Morgan fingerprint density at radius 3 is 2.53 bits per heavy atom. The molecule has 0 saturated carbocycles. The van der Waals surface area contributed by atoms with Gasteiger partial charge in [0.25, 0.3) is 0 Å². The number of H-pyrrole nitrogens is 1. The number of rotatable bonds is 10. The summed E-state index contributed by atoms with van der Waals surface area (Å²) < 4.78 is 7.24. The standard InChI is InChI=1S/C24H28N4O3S/c29-22(18-32-24-26-25-23(30)28(24)17-21-12-7-15-31-21)27(16-20-10-5-2-6-11-20)14-13-19-8-3-1-4-9-19/h1-6,8-11,21H,7,12-18H2,(H,25,30). The Labute approximate surface area is 191 Å². The third kappa shape index (κ3) is 6.11. The van der Waals surface area contributed by atoms with Crippen LogP contribution < -0.4 is 5.69 Å². The molecule has 1 atom stereocenters. The van der Waals surface area contributed by atoms with E-state index in [0.717, 1.165) is 31.4 Å². The molecule has 8 heteroatoms. The fourth-order valence-corrected chi connectivity index (χ4v) is 4.65. The Morgan fingerprint density at radius 2 is 1.84 bits per heavy atom. The molecule has 1 fully saturated rings. The number of hydrogen-bond donors (Lipinski definition) is 1. The van der Waals surface area contributed by atoms with Crippen LogP contribution in [0.3, 0.4) is 0 Å². The number of nitrogens with zero attached hydrogens (tertiary/aromatic N) is 3. The molecule has 4 rings (SSSR count). The van der Waals surface area contributed by atoms with Crippen molar-refractivity contribution in [2.24, 2.45) is 0 Å². The molecular formula is C24H28N4O3S. The number of thioether (sulfide) groups is 1. The fraction of sp³-hybridized carbons (Fsp3) is 0.375. The van der Waals surface area contributed by atoms with Crippen LogP contribution >= 0.6 is 11.8 Å². The Kier molecular flexibility index (Phi) is 7.79. The summed E-state index contributed by atoms with van der Waals surface area (Å²) in [6, 6.07) is 20.2. The number of hydrogen-bond acceptors (Lipinski definition) is 5. The van der Waals surface area contributed by atoms with E-state index in [1.165, 1.54) is 17.3 Å². The zero-order chi connectivity index (χ0) is 22.2. The fourth-order valence-electron chi connectivity index (χ4n) is 3.79. The van der Waals surface area contributed by atoms with Crippen LogP contribution in [-0.4, -0.2) is 50.6 Å². The molecule has 1 unspecified atom stereocenters. The van der Waals surface area contributed by atoms with Gasteiger partial charge >= 0.3 is 5.69 Å². The van der Waals surface area contributed by atoms with E-state index in [0.29, 0.717) is 24.8 Å². The number of ether oxygens (including phenoxy) is 1. The minimum atomic E-state index is -0.263. The molecule has 32 heavy (non-hydrogen) atoms. The summed E-state index contributed by atoms with van der Waals surface area (Å²) in [6.07, 6.45) is 2.76. The quantitative estimate of drug-likeness (QED) is 0.478. The lowest BCUT2D eigenvalue weighted by Gasteiger charge is -2.23. The molecule has 2 aromatic carbocycles. The first-order valence-corrected chi connectivity index (χ1v) is 11.9. The van der Waals surface area contributed by atoms with E-state index in [2.05, 4.69) is 22.3 Å². The lowest BCUT2D eigenvalue weighted by atomic mass is 10.1. The summed E-state index contributed by atoms with van der Waals surface area (Å²) in [4.78, 5) is 27.2. The van der Waals surface area contributed by atoms with E-state index in [4.69, 9.17) is 4.74 Å². The topological polar surface area (TPSA) is 80.2 Å². The lowest BCUT2D eigenvalue weighted by Crippen LogP contribution is -2.34. The van der Waals surface area contributed by atoms with Gasteiger partial charge in [0.2, 0.25) is 5.91 Å². The van der Waals surface area contributed by atoms with E-state index >= 15 is 0 Å². The minimum absolute atomic E-state index is 0.0221. The summed E-state index contributed by atoms with van der Waals surface area (Å²) in [5, 5.41) is 7.16. The molecule has 1 N–H and O–H groups in total. The van der Waals surface area contributed by atoms with Crippen LogP contribution in [0.5, 0.6) is 0 Å². The van der Waals surface area contributed by atoms with Crippen molar-refractivity contribution in [1.29, 1.82) is 0 Å². The van der Waals surface area contributed by atoms with Crippen LogP contribution in [0.2, 0.25) is 0 Å². The first-order valence-electron chi connectivity index (χ1n) is 10.9. The predicted octanol–water partition coefficient (Wildman–Crippen LogP) is 3.11. The van der Waals surface area contributed by atoms with Crippen LogP contribution in [0.1, 0.15) is 24.0 Å². The molecule has 3 aromatic rings. The van der Waals surface area contributed by atoms with E-state index in [9.17, 15) is 9.59 Å². The molecule has 7 nitrogen and oxygen atoms in total. The van der Waals surface area contributed by atoms with Crippen LogP contribution in [0, 0.1) is 0 Å². The van der Waals surface area contributed by atoms with Crippen molar-refractivity contribution >= 4 is 17.7 Å². The highest BCUT2D eigenvalue weighted by Crippen LogP contribution is 2.19. The van der Waals surface area contributed by atoms with Gasteiger partial charge in [0.15, 0.2) is 5.16 Å². The molecule has 0 spiro atoms.